The van der Waals surface area contributed by atoms with E-state index < -0.39 is 0 Å². The second-order valence-corrected chi connectivity index (χ2v) is 9.85. The Morgan fingerprint density at radius 3 is 2.45 bits per heavy atom. The summed E-state index contributed by atoms with van der Waals surface area (Å²) in [5.41, 5.74) is 2.69. The number of ether oxygens (including phenoxy) is 1. The van der Waals surface area contributed by atoms with Crippen molar-refractivity contribution < 1.29 is 30.8 Å². The Morgan fingerprint density at radius 1 is 0.974 bits per heavy atom. The zero-order valence-corrected chi connectivity index (χ0v) is 22.2. The fourth-order valence-corrected chi connectivity index (χ4v) is 5.36. The molecular weight excluding hydrogens is 508 g/mol. The highest BCUT2D eigenvalue weighted by Crippen LogP contribution is 2.22. The third-order valence-electron chi connectivity index (χ3n) is 7.42. The fourth-order valence-electron chi connectivity index (χ4n) is 5.36. The highest BCUT2D eigenvalue weighted by molar-refractivity contribution is 5.83. The van der Waals surface area contributed by atoms with Gasteiger partial charge in [0.1, 0.15) is 5.82 Å². The Kier molecular flexibility index (Phi) is 9.13. The maximum absolute atomic E-state index is 14.1. The van der Waals surface area contributed by atoms with Crippen molar-refractivity contribution in [3.05, 3.63) is 106 Å². The molecule has 1 aromatic heterocycles. The van der Waals surface area contributed by atoms with E-state index in [4.69, 9.17) is 9.84 Å². The van der Waals surface area contributed by atoms with E-state index >= 15 is 0 Å². The minimum atomic E-state index is -0.330. The Bertz CT molecular complexity index is 1440. The van der Waals surface area contributed by atoms with Crippen molar-refractivity contribution in [3.8, 4) is 5.75 Å². The second kappa shape index (κ2) is 12.5. The second-order valence-electron chi connectivity index (χ2n) is 9.85. The Balaban J connectivity index is 0.00000336. The van der Waals surface area contributed by atoms with E-state index in [0.29, 0.717) is 11.8 Å². The fraction of sp³-hybridized carbons (Fsp3) is 0.333. The van der Waals surface area contributed by atoms with Crippen LogP contribution in [0, 0.1) is 11.6 Å². The van der Waals surface area contributed by atoms with E-state index in [2.05, 4.69) is 0 Å². The summed E-state index contributed by atoms with van der Waals surface area (Å²) in [4.78, 5) is 14.9. The largest absolute Gasteiger partial charge is 1.00 e. The number of likely N-dealkylation sites (tertiary alicyclic amines) is 1. The minimum Gasteiger partial charge on any atom is -1.00 e. The van der Waals surface area contributed by atoms with Gasteiger partial charge in [0.25, 0.3) is 5.56 Å². The molecule has 5 rings (SSSR count). The van der Waals surface area contributed by atoms with E-state index in [1.54, 1.807) is 28.9 Å². The number of halogens is 3. The van der Waals surface area contributed by atoms with Crippen LogP contribution in [0.25, 0.3) is 10.8 Å². The third kappa shape index (κ3) is 6.22. The van der Waals surface area contributed by atoms with Gasteiger partial charge in [-0.05, 0) is 54.3 Å². The third-order valence-corrected chi connectivity index (χ3v) is 7.42. The summed E-state index contributed by atoms with van der Waals surface area (Å²) in [6.45, 7) is 2.85. The first-order valence-corrected chi connectivity index (χ1v) is 12.9. The molecule has 8 heteroatoms. The van der Waals surface area contributed by atoms with Crippen LogP contribution in [0.2, 0.25) is 0 Å². The number of rotatable bonds is 7. The van der Waals surface area contributed by atoms with Gasteiger partial charge in [-0.2, -0.15) is 5.10 Å². The van der Waals surface area contributed by atoms with E-state index in [9.17, 15) is 13.6 Å². The van der Waals surface area contributed by atoms with Gasteiger partial charge in [0.15, 0.2) is 11.6 Å². The average molecular weight is 540 g/mol. The number of quaternary nitrogens is 1. The van der Waals surface area contributed by atoms with Crippen LogP contribution >= 0.6 is 0 Å². The smallest absolute Gasteiger partial charge is 0.274 e. The summed E-state index contributed by atoms with van der Waals surface area (Å²) in [5.74, 6) is -0.334. The first kappa shape index (κ1) is 27.7. The van der Waals surface area contributed by atoms with Crippen molar-refractivity contribution in [2.75, 3.05) is 26.7 Å². The van der Waals surface area contributed by atoms with Crippen LogP contribution in [0.15, 0.2) is 71.5 Å². The van der Waals surface area contributed by atoms with Crippen molar-refractivity contribution in [2.24, 2.45) is 0 Å². The molecule has 1 aliphatic heterocycles. The van der Waals surface area contributed by atoms with Crippen LogP contribution in [0.3, 0.4) is 0 Å². The molecule has 4 aromatic rings. The van der Waals surface area contributed by atoms with Gasteiger partial charge in [-0.1, -0.05) is 36.4 Å². The number of methoxy groups -OCH3 is 1. The molecule has 5 nitrogen and oxygen atoms in total. The average Bonchev–Trinajstić information content (AvgIpc) is 3.16. The van der Waals surface area contributed by atoms with Crippen molar-refractivity contribution >= 4 is 10.8 Å². The zero-order valence-electron chi connectivity index (χ0n) is 21.4. The molecular formula is C30H32ClF2N3O2. The van der Waals surface area contributed by atoms with Crippen LogP contribution in [-0.4, -0.2) is 36.5 Å². The predicted molar refractivity (Wildman–Crippen MR) is 140 cm³/mol. The number of fused-ring (bicyclic) bond motifs is 1. The molecule has 2 heterocycles. The van der Waals surface area contributed by atoms with E-state index in [0.717, 1.165) is 67.5 Å². The maximum atomic E-state index is 14.1. The number of hydrogen-bond donors (Lipinski definition) is 1. The number of nitrogens with one attached hydrogen (secondary N) is 1. The summed E-state index contributed by atoms with van der Waals surface area (Å²) < 4.78 is 34.2. The van der Waals surface area contributed by atoms with Crippen LogP contribution in [0.5, 0.6) is 5.75 Å². The Hall–Kier alpha value is -3.29. The standard InChI is InChI=1S/C30H31F2N3O2.ClH/c1-37-29-13-10-22(19-27(29)32)14-17-34-16-4-5-24(15-18-34)35-30(36)26-7-3-2-6-25(26)28(33-35)20-21-8-11-23(31)12-9-21;/h2-3,6-13,19,24H,4-5,14-18,20H2,1H3;1H. The van der Waals surface area contributed by atoms with Crippen molar-refractivity contribution in [3.63, 3.8) is 0 Å². The van der Waals surface area contributed by atoms with Gasteiger partial charge < -0.3 is 22.0 Å². The Morgan fingerprint density at radius 2 is 1.71 bits per heavy atom. The number of benzene rings is 3. The van der Waals surface area contributed by atoms with Crippen molar-refractivity contribution in [1.29, 1.82) is 0 Å². The van der Waals surface area contributed by atoms with E-state index in [1.165, 1.54) is 24.1 Å². The predicted octanol–water partition coefficient (Wildman–Crippen LogP) is 1.13. The lowest BCUT2D eigenvalue weighted by molar-refractivity contribution is -0.899. The molecule has 38 heavy (non-hydrogen) atoms. The summed E-state index contributed by atoms with van der Waals surface area (Å²) in [5, 5.41) is 6.39. The molecule has 0 bridgehead atoms. The maximum Gasteiger partial charge on any atom is 0.274 e. The molecule has 3 aromatic carbocycles. The molecule has 0 amide bonds. The molecule has 2 unspecified atom stereocenters. The van der Waals surface area contributed by atoms with Gasteiger partial charge in [0.05, 0.1) is 43.9 Å². The van der Waals surface area contributed by atoms with E-state index in [-0.39, 0.29) is 41.4 Å². The molecule has 1 saturated heterocycles. The number of aromatic nitrogens is 2. The molecule has 2 atom stereocenters. The van der Waals surface area contributed by atoms with Crippen LogP contribution in [0.1, 0.15) is 42.1 Å². The summed E-state index contributed by atoms with van der Waals surface area (Å²) in [6, 6.07) is 19.2. The van der Waals surface area contributed by atoms with Crippen molar-refractivity contribution in [1.82, 2.24) is 9.78 Å². The summed E-state index contributed by atoms with van der Waals surface area (Å²) in [7, 11) is 1.47. The van der Waals surface area contributed by atoms with Gasteiger partial charge in [-0.25, -0.2) is 13.5 Å². The topological polar surface area (TPSA) is 48.6 Å². The quantitative estimate of drug-likeness (QED) is 0.383. The molecule has 0 spiro atoms. The van der Waals surface area contributed by atoms with Gasteiger partial charge in [0.2, 0.25) is 0 Å². The SMILES string of the molecule is COc1ccc(CC[NH+]2CCCC(n3nc(Cc4ccc(F)cc4)c4ccccc4c3=O)CC2)cc1F.[Cl-]. The highest BCUT2D eigenvalue weighted by Gasteiger charge is 2.24. The van der Waals surface area contributed by atoms with Gasteiger partial charge >= 0.3 is 0 Å². The van der Waals surface area contributed by atoms with Crippen LogP contribution < -0.4 is 27.6 Å². The molecule has 200 valence electrons. The molecule has 1 fully saturated rings. The highest BCUT2D eigenvalue weighted by atomic mass is 35.5. The van der Waals surface area contributed by atoms with Crippen LogP contribution in [-0.2, 0) is 12.8 Å². The molecule has 0 radical (unpaired) electrons. The number of nitrogens with zero attached hydrogens (tertiary/aromatic N) is 2. The summed E-state index contributed by atoms with van der Waals surface area (Å²) in [6.07, 6.45) is 4.06. The lowest BCUT2D eigenvalue weighted by Gasteiger charge is -2.19. The van der Waals surface area contributed by atoms with Gasteiger partial charge in [-0.15, -0.1) is 0 Å². The van der Waals surface area contributed by atoms with Gasteiger partial charge in [-0.3, -0.25) is 4.79 Å². The number of hydrogen-bond acceptors (Lipinski definition) is 3. The molecule has 0 saturated carbocycles. The lowest BCUT2D eigenvalue weighted by Crippen LogP contribution is -3.12. The lowest BCUT2D eigenvalue weighted by atomic mass is 10.0. The van der Waals surface area contributed by atoms with Gasteiger partial charge in [0, 0.05) is 24.6 Å². The monoisotopic (exact) mass is 539 g/mol. The first-order valence-electron chi connectivity index (χ1n) is 12.9. The first-order chi connectivity index (χ1) is 18.0. The molecule has 1 aliphatic rings. The van der Waals surface area contributed by atoms with Crippen LogP contribution in [0.4, 0.5) is 8.78 Å². The normalized spacial score (nSPS) is 17.6. The zero-order chi connectivity index (χ0) is 25.8. The summed E-state index contributed by atoms with van der Waals surface area (Å²) >= 11 is 0. The molecule has 1 N–H and O–H groups in total. The van der Waals surface area contributed by atoms with Crippen molar-refractivity contribution in [2.45, 2.75) is 38.1 Å². The van der Waals surface area contributed by atoms with E-state index in [1.807, 2.05) is 30.3 Å². The Labute approximate surface area is 227 Å². The minimum absolute atomic E-state index is 0. The molecule has 0 aliphatic carbocycles.